The Kier molecular flexibility index (Phi) is 4.18. The first kappa shape index (κ1) is 12.9. The number of nitrogens with two attached hydrogens (primary N) is 1. The van der Waals surface area contributed by atoms with Gasteiger partial charge in [-0.25, -0.2) is 4.98 Å². The van der Waals surface area contributed by atoms with Gasteiger partial charge in [0, 0.05) is 22.8 Å². The number of aromatic nitrogens is 1. The second-order valence-corrected chi connectivity index (χ2v) is 4.64. The van der Waals surface area contributed by atoms with E-state index in [0.717, 1.165) is 12.0 Å². The molecule has 1 atom stereocenters. The number of rotatable bonds is 4. The Labute approximate surface area is 112 Å². The van der Waals surface area contributed by atoms with Gasteiger partial charge in [0.05, 0.1) is 0 Å². The molecule has 1 aromatic carbocycles. The minimum Gasteiger partial charge on any atom is -0.439 e. The third-order valence-electron chi connectivity index (χ3n) is 2.42. The molecule has 1 unspecified atom stereocenters. The van der Waals surface area contributed by atoms with Crippen molar-refractivity contribution >= 4 is 11.6 Å². The zero-order chi connectivity index (χ0) is 13.0. The molecule has 0 aliphatic carbocycles. The highest BCUT2D eigenvalue weighted by Gasteiger charge is 2.08. The van der Waals surface area contributed by atoms with Crippen molar-refractivity contribution in [2.75, 3.05) is 0 Å². The van der Waals surface area contributed by atoms with Gasteiger partial charge < -0.3 is 10.5 Å². The molecule has 1 heterocycles. The second kappa shape index (κ2) is 5.85. The normalized spacial score (nSPS) is 12.2. The standard InChI is InChI=1S/C14H15ClN2O/c1-10(16)9-11-3-2-8-17-14(11)18-13-6-4-12(15)5-7-13/h2-8,10H,9,16H2,1H3. The van der Waals surface area contributed by atoms with E-state index in [-0.39, 0.29) is 6.04 Å². The monoisotopic (exact) mass is 262 g/mol. The third kappa shape index (κ3) is 3.45. The molecule has 0 radical (unpaired) electrons. The first-order valence-electron chi connectivity index (χ1n) is 5.78. The molecule has 0 fully saturated rings. The molecule has 0 saturated heterocycles. The van der Waals surface area contributed by atoms with Crippen LogP contribution in [0, 0.1) is 0 Å². The summed E-state index contributed by atoms with van der Waals surface area (Å²) in [6.45, 7) is 1.96. The van der Waals surface area contributed by atoms with Crippen molar-refractivity contribution in [3.05, 3.63) is 53.2 Å². The Bertz CT molecular complexity index is 511. The third-order valence-corrected chi connectivity index (χ3v) is 2.67. The van der Waals surface area contributed by atoms with E-state index in [1.165, 1.54) is 0 Å². The number of benzene rings is 1. The van der Waals surface area contributed by atoms with E-state index < -0.39 is 0 Å². The van der Waals surface area contributed by atoms with Gasteiger partial charge in [0.15, 0.2) is 0 Å². The van der Waals surface area contributed by atoms with E-state index in [2.05, 4.69) is 4.98 Å². The maximum absolute atomic E-state index is 5.83. The topological polar surface area (TPSA) is 48.1 Å². The molecule has 0 aliphatic rings. The van der Waals surface area contributed by atoms with Gasteiger partial charge in [0.1, 0.15) is 5.75 Å². The van der Waals surface area contributed by atoms with Crippen molar-refractivity contribution in [1.29, 1.82) is 0 Å². The van der Waals surface area contributed by atoms with Crippen LogP contribution in [0.4, 0.5) is 0 Å². The summed E-state index contributed by atoms with van der Waals surface area (Å²) >= 11 is 5.83. The van der Waals surface area contributed by atoms with Crippen LogP contribution in [-0.2, 0) is 6.42 Å². The lowest BCUT2D eigenvalue weighted by Crippen LogP contribution is -2.18. The zero-order valence-corrected chi connectivity index (χ0v) is 10.9. The van der Waals surface area contributed by atoms with Crippen molar-refractivity contribution in [1.82, 2.24) is 4.98 Å². The van der Waals surface area contributed by atoms with Crippen LogP contribution in [0.15, 0.2) is 42.6 Å². The molecule has 2 N–H and O–H groups in total. The van der Waals surface area contributed by atoms with Crippen molar-refractivity contribution in [2.24, 2.45) is 5.73 Å². The van der Waals surface area contributed by atoms with Gasteiger partial charge in [0.25, 0.3) is 0 Å². The van der Waals surface area contributed by atoms with E-state index in [1.807, 2.05) is 31.2 Å². The van der Waals surface area contributed by atoms with E-state index in [1.54, 1.807) is 18.3 Å². The molecule has 4 heteroatoms. The molecular weight excluding hydrogens is 248 g/mol. The van der Waals surface area contributed by atoms with Crippen LogP contribution in [0.1, 0.15) is 12.5 Å². The van der Waals surface area contributed by atoms with Gasteiger partial charge in [-0.05, 0) is 43.7 Å². The van der Waals surface area contributed by atoms with Crippen LogP contribution in [0.25, 0.3) is 0 Å². The lowest BCUT2D eigenvalue weighted by Gasteiger charge is -2.11. The van der Waals surface area contributed by atoms with E-state index in [0.29, 0.717) is 16.7 Å². The van der Waals surface area contributed by atoms with Gasteiger partial charge in [-0.15, -0.1) is 0 Å². The van der Waals surface area contributed by atoms with Gasteiger partial charge >= 0.3 is 0 Å². The molecule has 0 bridgehead atoms. The molecule has 0 aliphatic heterocycles. The Morgan fingerprint density at radius 2 is 2.00 bits per heavy atom. The first-order valence-corrected chi connectivity index (χ1v) is 6.16. The predicted molar refractivity (Wildman–Crippen MR) is 73.1 cm³/mol. The Morgan fingerprint density at radius 3 is 2.67 bits per heavy atom. The molecule has 2 aromatic rings. The van der Waals surface area contributed by atoms with Crippen molar-refractivity contribution in [3.8, 4) is 11.6 Å². The lowest BCUT2D eigenvalue weighted by molar-refractivity contribution is 0.454. The fraction of sp³-hybridized carbons (Fsp3) is 0.214. The summed E-state index contributed by atoms with van der Waals surface area (Å²) in [7, 11) is 0. The van der Waals surface area contributed by atoms with Gasteiger partial charge in [-0.3, -0.25) is 0 Å². The van der Waals surface area contributed by atoms with Crippen LogP contribution in [0.2, 0.25) is 5.02 Å². The van der Waals surface area contributed by atoms with Crippen LogP contribution >= 0.6 is 11.6 Å². The summed E-state index contributed by atoms with van der Waals surface area (Å²) in [5, 5.41) is 0.680. The summed E-state index contributed by atoms with van der Waals surface area (Å²) in [5.41, 5.74) is 6.81. The molecule has 1 aromatic heterocycles. The summed E-state index contributed by atoms with van der Waals surface area (Å²) in [5.74, 6) is 1.31. The van der Waals surface area contributed by atoms with Crippen molar-refractivity contribution < 1.29 is 4.74 Å². The predicted octanol–water partition coefficient (Wildman–Crippen LogP) is 3.42. The molecule has 0 saturated carbocycles. The SMILES string of the molecule is CC(N)Cc1cccnc1Oc1ccc(Cl)cc1. The fourth-order valence-electron chi connectivity index (χ4n) is 1.63. The lowest BCUT2D eigenvalue weighted by atomic mass is 10.1. The van der Waals surface area contributed by atoms with Gasteiger partial charge in [-0.1, -0.05) is 17.7 Å². The number of pyridine rings is 1. The van der Waals surface area contributed by atoms with Crippen LogP contribution in [0.3, 0.4) is 0 Å². The minimum absolute atomic E-state index is 0.0711. The van der Waals surface area contributed by atoms with Crippen LogP contribution in [0.5, 0.6) is 11.6 Å². The van der Waals surface area contributed by atoms with E-state index >= 15 is 0 Å². The van der Waals surface area contributed by atoms with E-state index in [9.17, 15) is 0 Å². The minimum atomic E-state index is 0.0711. The van der Waals surface area contributed by atoms with Crippen molar-refractivity contribution in [3.63, 3.8) is 0 Å². The molecule has 2 rings (SSSR count). The summed E-state index contributed by atoms with van der Waals surface area (Å²) in [6.07, 6.45) is 2.44. The maximum atomic E-state index is 5.83. The molecule has 3 nitrogen and oxygen atoms in total. The van der Waals surface area contributed by atoms with Crippen LogP contribution in [-0.4, -0.2) is 11.0 Å². The largest absolute Gasteiger partial charge is 0.439 e. The smallest absolute Gasteiger partial charge is 0.222 e. The number of halogens is 1. The average Bonchev–Trinajstić information content (AvgIpc) is 2.34. The highest BCUT2D eigenvalue weighted by molar-refractivity contribution is 6.30. The number of hydrogen-bond donors (Lipinski definition) is 1. The van der Waals surface area contributed by atoms with Gasteiger partial charge in [0.2, 0.25) is 5.88 Å². The molecule has 18 heavy (non-hydrogen) atoms. The Morgan fingerprint density at radius 1 is 1.28 bits per heavy atom. The molecule has 0 spiro atoms. The Balaban J connectivity index is 2.20. The number of hydrogen-bond acceptors (Lipinski definition) is 3. The summed E-state index contributed by atoms with van der Waals surface area (Å²) < 4.78 is 5.74. The van der Waals surface area contributed by atoms with Gasteiger partial charge in [-0.2, -0.15) is 0 Å². The van der Waals surface area contributed by atoms with E-state index in [4.69, 9.17) is 22.1 Å². The quantitative estimate of drug-likeness (QED) is 0.918. The number of ether oxygens (including phenoxy) is 1. The average molecular weight is 263 g/mol. The first-order chi connectivity index (χ1) is 8.65. The molecule has 94 valence electrons. The maximum Gasteiger partial charge on any atom is 0.222 e. The molecular formula is C14H15ClN2O. The van der Waals surface area contributed by atoms with Crippen molar-refractivity contribution in [2.45, 2.75) is 19.4 Å². The second-order valence-electron chi connectivity index (χ2n) is 4.21. The highest BCUT2D eigenvalue weighted by atomic mass is 35.5. The summed E-state index contributed by atoms with van der Waals surface area (Å²) in [6, 6.07) is 11.1. The fourth-order valence-corrected chi connectivity index (χ4v) is 1.76. The zero-order valence-electron chi connectivity index (χ0n) is 10.1. The van der Waals surface area contributed by atoms with Crippen LogP contribution < -0.4 is 10.5 Å². The Hall–Kier alpha value is -1.58. The molecule has 0 amide bonds. The highest BCUT2D eigenvalue weighted by Crippen LogP contribution is 2.24. The number of nitrogens with zero attached hydrogens (tertiary/aromatic N) is 1. The summed E-state index contributed by atoms with van der Waals surface area (Å²) in [4.78, 5) is 4.24.